The summed E-state index contributed by atoms with van der Waals surface area (Å²) in [5.74, 6) is 0.851. The van der Waals surface area contributed by atoms with E-state index in [2.05, 4.69) is 34.1 Å². The zero-order chi connectivity index (χ0) is 26.8. The van der Waals surface area contributed by atoms with Gasteiger partial charge in [0.15, 0.2) is 5.88 Å². The number of carbonyl (C=O) groups is 1. The van der Waals surface area contributed by atoms with E-state index in [0.717, 1.165) is 80.1 Å². The highest BCUT2D eigenvalue weighted by molar-refractivity contribution is 6.14. The smallest absolute Gasteiger partial charge is 0.198 e. The van der Waals surface area contributed by atoms with Crippen molar-refractivity contribution in [3.05, 3.63) is 41.7 Å². The monoisotopic (exact) mass is 510 g/mol. The molecule has 3 N–H and O–H groups in total. The van der Waals surface area contributed by atoms with Crippen LogP contribution in [0, 0.1) is 5.92 Å². The van der Waals surface area contributed by atoms with Gasteiger partial charge in [0.2, 0.25) is 0 Å². The van der Waals surface area contributed by atoms with Crippen molar-refractivity contribution in [2.24, 2.45) is 10.9 Å². The van der Waals surface area contributed by atoms with Gasteiger partial charge in [0.1, 0.15) is 12.0 Å². The summed E-state index contributed by atoms with van der Waals surface area (Å²) in [5, 5.41) is 18.9. The Hall–Kier alpha value is -3.01. The van der Waals surface area contributed by atoms with Crippen LogP contribution in [-0.4, -0.2) is 83.7 Å². The molecule has 37 heavy (non-hydrogen) atoms. The molecule has 1 saturated heterocycles. The van der Waals surface area contributed by atoms with E-state index in [9.17, 15) is 9.90 Å². The van der Waals surface area contributed by atoms with E-state index in [1.165, 1.54) is 0 Å². The number of rotatable bonds is 10. The van der Waals surface area contributed by atoms with Crippen molar-refractivity contribution >= 4 is 28.6 Å². The van der Waals surface area contributed by atoms with Crippen molar-refractivity contribution in [3.63, 3.8) is 0 Å². The van der Waals surface area contributed by atoms with E-state index in [1.807, 2.05) is 24.9 Å². The first kappa shape index (κ1) is 28.6. The van der Waals surface area contributed by atoms with Crippen molar-refractivity contribution in [3.8, 4) is 5.88 Å². The third kappa shape index (κ3) is 7.74. The minimum atomic E-state index is 0.0643. The number of aromatic nitrogens is 3. The molecule has 0 radical (unpaired) electrons. The summed E-state index contributed by atoms with van der Waals surface area (Å²) in [6.45, 7) is 11.3. The lowest BCUT2D eigenvalue weighted by Crippen LogP contribution is -2.36. The zero-order valence-corrected chi connectivity index (χ0v) is 22.8. The van der Waals surface area contributed by atoms with Gasteiger partial charge in [-0.1, -0.05) is 20.8 Å². The second-order valence-electron chi connectivity index (χ2n) is 9.88. The highest BCUT2D eigenvalue weighted by Crippen LogP contribution is 2.31. The van der Waals surface area contributed by atoms with Gasteiger partial charge in [-0.05, 0) is 57.0 Å². The van der Waals surface area contributed by atoms with Gasteiger partial charge in [0, 0.05) is 43.2 Å². The van der Waals surface area contributed by atoms with Crippen LogP contribution in [0.15, 0.2) is 35.6 Å². The molecule has 9 heteroatoms. The third-order valence-corrected chi connectivity index (χ3v) is 6.57. The lowest BCUT2D eigenvalue weighted by molar-refractivity contribution is 0.112. The molecule has 1 fully saturated rings. The Kier molecular flexibility index (Phi) is 10.9. The van der Waals surface area contributed by atoms with Gasteiger partial charge in [-0.3, -0.25) is 9.48 Å². The largest absolute Gasteiger partial charge is 0.494 e. The summed E-state index contributed by atoms with van der Waals surface area (Å²) in [7, 11) is 3.71. The van der Waals surface area contributed by atoms with Crippen molar-refractivity contribution < 1.29 is 14.6 Å². The average molecular weight is 511 g/mol. The number of benzene rings is 1. The summed E-state index contributed by atoms with van der Waals surface area (Å²) in [6.07, 6.45) is 7.29. The first-order valence-electron chi connectivity index (χ1n) is 13.2. The molecule has 1 aromatic carbocycles. The molecule has 3 aromatic rings. The number of piperidine rings is 1. The number of aliphatic imine (C=N–C) groups is 1. The zero-order valence-electron chi connectivity index (χ0n) is 22.8. The molecular weight excluding hydrogens is 468 g/mol. The van der Waals surface area contributed by atoms with Gasteiger partial charge in [0.25, 0.3) is 0 Å². The summed E-state index contributed by atoms with van der Waals surface area (Å²) >= 11 is 0. The maximum absolute atomic E-state index is 11.2. The molecule has 1 aliphatic heterocycles. The van der Waals surface area contributed by atoms with E-state index in [0.29, 0.717) is 23.6 Å². The van der Waals surface area contributed by atoms with Crippen molar-refractivity contribution in [2.45, 2.75) is 46.1 Å². The molecule has 0 aliphatic carbocycles. The Morgan fingerprint density at radius 3 is 2.70 bits per heavy atom. The number of carbonyl (C=O) groups excluding carboxylic acids is 1. The van der Waals surface area contributed by atoms with E-state index < -0.39 is 0 Å². The summed E-state index contributed by atoms with van der Waals surface area (Å²) in [4.78, 5) is 21.4. The van der Waals surface area contributed by atoms with Crippen molar-refractivity contribution in [1.82, 2.24) is 25.0 Å². The molecule has 9 nitrogen and oxygen atoms in total. The maximum Gasteiger partial charge on any atom is 0.198 e. The van der Waals surface area contributed by atoms with Gasteiger partial charge < -0.3 is 25.0 Å². The third-order valence-electron chi connectivity index (χ3n) is 6.57. The van der Waals surface area contributed by atoms with Crippen LogP contribution < -0.4 is 5.32 Å². The summed E-state index contributed by atoms with van der Waals surface area (Å²) < 4.78 is 7.19. The topological polar surface area (TPSA) is 108 Å². The standard InChI is InChI=1S/C23H29N5O3.C5H13N/c1-3-20(22-19-12-16(15-29)4-5-21(19)26-23(22)30)25-17-13-24-28(14-17)18-6-8-27(9-7-18)10-11-31-2;1-5(2)4-6-3/h4-5,12-15,18,26,30H,3,6-11H2,1-2H3;5-6H,4H2,1-3H3. The Labute approximate surface area is 219 Å². The quantitative estimate of drug-likeness (QED) is 0.273. The molecule has 3 heterocycles. The van der Waals surface area contributed by atoms with Crippen LogP contribution >= 0.6 is 0 Å². The van der Waals surface area contributed by atoms with Crippen LogP contribution in [0.4, 0.5) is 5.69 Å². The number of fused-ring (bicyclic) bond motifs is 1. The van der Waals surface area contributed by atoms with Crippen molar-refractivity contribution in [2.75, 3.05) is 46.9 Å². The lowest BCUT2D eigenvalue weighted by atomic mass is 10.0. The van der Waals surface area contributed by atoms with Crippen LogP contribution in [-0.2, 0) is 4.74 Å². The number of likely N-dealkylation sites (tertiary alicyclic amines) is 1. The molecule has 0 spiro atoms. The summed E-state index contributed by atoms with van der Waals surface area (Å²) in [6, 6.07) is 5.67. The fourth-order valence-electron chi connectivity index (χ4n) is 4.65. The minimum Gasteiger partial charge on any atom is -0.494 e. The molecule has 0 bridgehead atoms. The number of nitrogens with zero attached hydrogens (tertiary/aromatic N) is 4. The summed E-state index contributed by atoms with van der Waals surface area (Å²) in [5.41, 5.74) is 3.49. The molecule has 0 saturated carbocycles. The van der Waals surface area contributed by atoms with Crippen LogP contribution in [0.1, 0.15) is 62.0 Å². The molecule has 4 rings (SSSR count). The number of nitrogens with one attached hydrogen (secondary N) is 2. The van der Waals surface area contributed by atoms with Gasteiger partial charge in [-0.25, -0.2) is 4.99 Å². The fourth-order valence-corrected chi connectivity index (χ4v) is 4.65. The number of hydrogen-bond acceptors (Lipinski definition) is 7. The predicted octanol–water partition coefficient (Wildman–Crippen LogP) is 4.56. The van der Waals surface area contributed by atoms with E-state index >= 15 is 0 Å². The predicted molar refractivity (Wildman–Crippen MR) is 149 cm³/mol. The highest BCUT2D eigenvalue weighted by atomic mass is 16.5. The number of ether oxygens (including phenoxy) is 1. The molecule has 0 atom stereocenters. The number of aromatic hydroxyl groups is 1. The van der Waals surface area contributed by atoms with Gasteiger partial charge in [0.05, 0.1) is 36.3 Å². The van der Waals surface area contributed by atoms with Gasteiger partial charge in [-0.2, -0.15) is 5.10 Å². The van der Waals surface area contributed by atoms with Gasteiger partial charge >= 0.3 is 0 Å². The lowest BCUT2D eigenvalue weighted by Gasteiger charge is -2.31. The molecular formula is C28H42N6O3. The first-order chi connectivity index (χ1) is 17.9. The number of aromatic amines is 1. The Bertz CT molecular complexity index is 1160. The van der Waals surface area contributed by atoms with Gasteiger partial charge in [-0.15, -0.1) is 0 Å². The fraction of sp³-hybridized carbons (Fsp3) is 0.536. The van der Waals surface area contributed by atoms with E-state index in [4.69, 9.17) is 9.73 Å². The molecule has 202 valence electrons. The van der Waals surface area contributed by atoms with Crippen molar-refractivity contribution in [1.29, 1.82) is 0 Å². The minimum absolute atomic E-state index is 0.0643. The van der Waals surface area contributed by atoms with E-state index in [1.54, 1.807) is 31.5 Å². The molecule has 0 unspecified atom stereocenters. The Morgan fingerprint density at radius 2 is 2.11 bits per heavy atom. The van der Waals surface area contributed by atoms with E-state index in [-0.39, 0.29) is 5.88 Å². The average Bonchev–Trinajstić information content (AvgIpc) is 3.49. The Morgan fingerprint density at radius 1 is 1.35 bits per heavy atom. The molecule has 2 aromatic heterocycles. The number of hydrogen-bond donors (Lipinski definition) is 3. The Balaban J connectivity index is 0.000000568. The van der Waals surface area contributed by atoms with Crippen LogP contribution in [0.5, 0.6) is 5.88 Å². The highest BCUT2D eigenvalue weighted by Gasteiger charge is 2.21. The second-order valence-corrected chi connectivity index (χ2v) is 9.88. The first-order valence-corrected chi connectivity index (χ1v) is 13.2. The number of methoxy groups -OCH3 is 1. The van der Waals surface area contributed by atoms with Crippen LogP contribution in [0.3, 0.4) is 0 Å². The second kappa shape index (κ2) is 14.1. The number of H-pyrrole nitrogens is 1. The van der Waals surface area contributed by atoms with Crippen LogP contribution in [0.25, 0.3) is 10.9 Å². The van der Waals surface area contributed by atoms with Crippen LogP contribution in [0.2, 0.25) is 0 Å². The maximum atomic E-state index is 11.2. The normalized spacial score (nSPS) is 15.2. The SMILES string of the molecule is CCC(=Nc1cnn(C2CCN(CCOC)CC2)c1)c1c(O)[nH]c2ccc(C=O)cc12.CNCC(C)C. The number of aldehydes is 1. The molecule has 1 aliphatic rings. The molecule has 0 amide bonds.